The average molecular weight is 391 g/mol. The van der Waals surface area contributed by atoms with Crippen molar-refractivity contribution in [3.8, 4) is 6.07 Å². The first-order chi connectivity index (χ1) is 12.9. The number of carbonyl (C=O) groups excluding carboxylic acids is 1. The molecule has 0 bridgehead atoms. The number of nitriles is 1. The minimum absolute atomic E-state index is 0.313. The summed E-state index contributed by atoms with van der Waals surface area (Å²) in [7, 11) is -4.17. The third kappa shape index (κ3) is 3.70. The number of rotatable bonds is 5. The molecule has 2 heterocycles. The minimum atomic E-state index is -4.17. The van der Waals surface area contributed by atoms with Crippen molar-refractivity contribution in [1.29, 1.82) is 5.26 Å². The van der Waals surface area contributed by atoms with Crippen molar-refractivity contribution in [2.45, 2.75) is 37.2 Å². The molecule has 3 rings (SSSR count). The highest BCUT2D eigenvalue weighted by Crippen LogP contribution is 2.23. The van der Waals surface area contributed by atoms with Crippen LogP contribution in [0.3, 0.4) is 0 Å². The molecular weight excluding hydrogens is 373 g/mol. The molecule has 0 aliphatic carbocycles. The molecule has 0 radical (unpaired) electrons. The molecule has 142 valence electrons. The Kier molecular flexibility index (Phi) is 5.25. The summed E-state index contributed by atoms with van der Waals surface area (Å²) in [6.45, 7) is 2.93. The second-order valence-corrected chi connectivity index (χ2v) is 7.75. The van der Waals surface area contributed by atoms with Gasteiger partial charge >= 0.3 is 0 Å². The van der Waals surface area contributed by atoms with Gasteiger partial charge in [-0.05, 0) is 38.0 Å². The summed E-state index contributed by atoms with van der Waals surface area (Å²) in [4.78, 5) is 14.0. The van der Waals surface area contributed by atoms with Gasteiger partial charge in [-0.1, -0.05) is 0 Å². The molecule has 27 heavy (non-hydrogen) atoms. The molecule has 1 aromatic carbocycles. The molecule has 2 aromatic rings. The number of amides is 1. The van der Waals surface area contributed by atoms with Crippen LogP contribution in [0.25, 0.3) is 0 Å². The van der Waals surface area contributed by atoms with Crippen LogP contribution in [0.1, 0.15) is 25.3 Å². The summed E-state index contributed by atoms with van der Waals surface area (Å²) in [5.41, 5.74) is -0.313. The van der Waals surface area contributed by atoms with Crippen LogP contribution in [0.2, 0.25) is 0 Å². The summed E-state index contributed by atoms with van der Waals surface area (Å²) in [5, 5.41) is 13.2. The Balaban J connectivity index is 1.87. The fraction of sp³-hybridized carbons (Fsp3) is 0.353. The Hall–Kier alpha value is -2.77. The molecule has 8 nitrogen and oxygen atoms in total. The summed E-state index contributed by atoms with van der Waals surface area (Å²) in [5.74, 6) is -0.496. The number of anilines is 1. The number of piperidine rings is 1. The van der Waals surface area contributed by atoms with Gasteiger partial charge in [0.15, 0.2) is 0 Å². The molecule has 1 atom stereocenters. The topological polar surface area (TPSA) is 108 Å². The first kappa shape index (κ1) is 19.0. The minimum Gasteiger partial charge on any atom is -0.296 e. The summed E-state index contributed by atoms with van der Waals surface area (Å²) < 4.78 is 42.7. The van der Waals surface area contributed by atoms with Gasteiger partial charge in [0.1, 0.15) is 23.7 Å². The van der Waals surface area contributed by atoms with E-state index in [1.807, 2.05) is 6.92 Å². The number of nitrogens with one attached hydrogen (secondary N) is 1. The Morgan fingerprint density at radius 2 is 2.19 bits per heavy atom. The largest absolute Gasteiger partial charge is 0.296 e. The molecule has 10 heteroatoms. The first-order valence-electron chi connectivity index (χ1n) is 8.42. The van der Waals surface area contributed by atoms with E-state index >= 15 is 0 Å². The summed E-state index contributed by atoms with van der Waals surface area (Å²) in [6.07, 6.45) is 2.51. The molecule has 1 aliphatic rings. The second kappa shape index (κ2) is 7.46. The van der Waals surface area contributed by atoms with Crippen LogP contribution in [0.15, 0.2) is 35.4 Å². The van der Waals surface area contributed by atoms with Gasteiger partial charge in [0.2, 0.25) is 15.9 Å². The van der Waals surface area contributed by atoms with Crippen LogP contribution in [0.5, 0.6) is 0 Å². The summed E-state index contributed by atoms with van der Waals surface area (Å²) >= 11 is 0. The van der Waals surface area contributed by atoms with E-state index in [-0.39, 0.29) is 16.4 Å². The lowest BCUT2D eigenvalue weighted by molar-refractivity contribution is -0.121. The normalized spacial score (nSPS) is 17.7. The van der Waals surface area contributed by atoms with Crippen molar-refractivity contribution in [2.75, 3.05) is 11.4 Å². The Bertz CT molecular complexity index is 1010. The van der Waals surface area contributed by atoms with Crippen molar-refractivity contribution >= 4 is 21.7 Å². The van der Waals surface area contributed by atoms with Crippen molar-refractivity contribution in [2.24, 2.45) is 0 Å². The lowest BCUT2D eigenvalue weighted by atomic mass is 10.1. The van der Waals surface area contributed by atoms with E-state index < -0.39 is 21.9 Å². The quantitative estimate of drug-likeness (QED) is 0.829. The molecule has 1 N–H and O–H groups in total. The number of halogens is 1. The van der Waals surface area contributed by atoms with E-state index in [0.29, 0.717) is 31.7 Å². The highest BCUT2D eigenvalue weighted by molar-refractivity contribution is 7.89. The maximum atomic E-state index is 13.3. The number of nitrogens with zero attached hydrogens (tertiary/aromatic N) is 4. The Morgan fingerprint density at radius 1 is 1.41 bits per heavy atom. The maximum absolute atomic E-state index is 13.3. The van der Waals surface area contributed by atoms with Crippen LogP contribution < -0.4 is 9.62 Å². The molecule has 1 fully saturated rings. The van der Waals surface area contributed by atoms with Gasteiger partial charge < -0.3 is 0 Å². The van der Waals surface area contributed by atoms with Crippen LogP contribution in [0.4, 0.5) is 10.2 Å². The SMILES string of the molecule is CCn1nccc1N1CCCC(NS(=O)(=O)c2ccc(F)cc2C#N)C1=O. The van der Waals surface area contributed by atoms with Crippen molar-refractivity contribution < 1.29 is 17.6 Å². The van der Waals surface area contributed by atoms with E-state index in [1.165, 1.54) is 4.90 Å². The molecule has 1 unspecified atom stereocenters. The highest BCUT2D eigenvalue weighted by Gasteiger charge is 2.35. The number of carbonyl (C=O) groups is 1. The molecule has 1 amide bonds. The van der Waals surface area contributed by atoms with Gasteiger partial charge in [-0.3, -0.25) is 9.69 Å². The van der Waals surface area contributed by atoms with Crippen molar-refractivity contribution in [1.82, 2.24) is 14.5 Å². The number of benzene rings is 1. The van der Waals surface area contributed by atoms with Gasteiger partial charge in [-0.25, -0.2) is 17.5 Å². The fourth-order valence-electron chi connectivity index (χ4n) is 3.09. The summed E-state index contributed by atoms with van der Waals surface area (Å²) in [6, 6.07) is 5.23. The van der Waals surface area contributed by atoms with Gasteiger partial charge in [-0.15, -0.1) is 0 Å². The number of sulfonamides is 1. The van der Waals surface area contributed by atoms with Crippen LogP contribution in [-0.4, -0.2) is 36.7 Å². The van der Waals surface area contributed by atoms with Crippen molar-refractivity contribution in [3.63, 3.8) is 0 Å². The third-order valence-corrected chi connectivity index (χ3v) is 5.89. The van der Waals surface area contributed by atoms with Gasteiger partial charge in [0.05, 0.1) is 16.7 Å². The van der Waals surface area contributed by atoms with Crippen LogP contribution in [0, 0.1) is 17.1 Å². The van der Waals surface area contributed by atoms with E-state index in [1.54, 1.807) is 23.0 Å². The van der Waals surface area contributed by atoms with Crippen LogP contribution in [-0.2, 0) is 21.4 Å². The predicted octanol–water partition coefficient (Wildman–Crippen LogP) is 1.39. The monoisotopic (exact) mass is 391 g/mol. The molecule has 1 aliphatic heterocycles. The molecule has 1 aromatic heterocycles. The number of hydrogen-bond donors (Lipinski definition) is 1. The molecule has 0 saturated carbocycles. The molecule has 1 saturated heterocycles. The molecular formula is C17H18FN5O3S. The number of aromatic nitrogens is 2. The van der Waals surface area contributed by atoms with Crippen LogP contribution >= 0.6 is 0 Å². The zero-order valence-corrected chi connectivity index (χ0v) is 15.4. The van der Waals surface area contributed by atoms with E-state index in [2.05, 4.69) is 9.82 Å². The zero-order chi connectivity index (χ0) is 19.6. The maximum Gasteiger partial charge on any atom is 0.246 e. The highest BCUT2D eigenvalue weighted by atomic mass is 32.2. The Morgan fingerprint density at radius 3 is 2.89 bits per heavy atom. The number of aryl methyl sites for hydroxylation is 1. The van der Waals surface area contributed by atoms with E-state index in [4.69, 9.17) is 5.26 Å². The second-order valence-electron chi connectivity index (χ2n) is 6.06. The van der Waals surface area contributed by atoms with E-state index in [0.717, 1.165) is 18.2 Å². The average Bonchev–Trinajstić information content (AvgIpc) is 3.11. The lowest BCUT2D eigenvalue weighted by Crippen LogP contribution is -2.52. The standard InChI is InChI=1S/C17H18FN5O3S/c1-2-23-16(7-8-20-23)22-9-3-4-14(17(22)24)21-27(25,26)15-6-5-13(18)10-12(15)11-19/h5-8,10,14,21H,2-4,9H2,1H3. The molecule has 0 spiro atoms. The first-order valence-corrected chi connectivity index (χ1v) is 9.91. The lowest BCUT2D eigenvalue weighted by Gasteiger charge is -2.32. The van der Waals surface area contributed by atoms with E-state index in [9.17, 15) is 17.6 Å². The predicted molar refractivity (Wildman–Crippen MR) is 94.7 cm³/mol. The fourth-order valence-corrected chi connectivity index (χ4v) is 4.45. The van der Waals surface area contributed by atoms with Gasteiger partial charge in [0.25, 0.3) is 0 Å². The van der Waals surface area contributed by atoms with Crippen molar-refractivity contribution in [3.05, 3.63) is 41.8 Å². The van der Waals surface area contributed by atoms with Gasteiger partial charge in [0, 0.05) is 19.2 Å². The van der Waals surface area contributed by atoms with Gasteiger partial charge in [-0.2, -0.15) is 15.1 Å². The third-order valence-electron chi connectivity index (χ3n) is 4.36. The Labute approximate surface area is 156 Å². The smallest absolute Gasteiger partial charge is 0.246 e. The number of hydrogen-bond acceptors (Lipinski definition) is 5. The zero-order valence-electron chi connectivity index (χ0n) is 14.6.